The van der Waals surface area contributed by atoms with E-state index in [9.17, 15) is 33.4 Å². The molecule has 0 N–H and O–H groups in total. The summed E-state index contributed by atoms with van der Waals surface area (Å²) in [5.41, 5.74) is -3.97. The summed E-state index contributed by atoms with van der Waals surface area (Å²) in [6, 6.07) is 0.586. The summed E-state index contributed by atoms with van der Waals surface area (Å²) in [5.74, 6) is 0. The highest BCUT2D eigenvalue weighted by Gasteiger charge is 2.39. The third-order valence-corrected chi connectivity index (χ3v) is 3.55. The van der Waals surface area contributed by atoms with E-state index in [0.29, 0.717) is 25.3 Å². The molecule has 0 amide bonds. The number of rotatable bonds is 6. The Kier molecular flexibility index (Phi) is 5.42. The number of nitro benzene ring substituents is 2. The van der Waals surface area contributed by atoms with Crippen LogP contribution in [0.4, 0.5) is 30.2 Å². The van der Waals surface area contributed by atoms with Crippen LogP contribution in [0.3, 0.4) is 0 Å². The standard InChI is InChI=1S/C13H14F3N3O6/c1-2-17(7-11-24-3-4-25-11)12-9(18(20)21)5-8(13(14,15)16)6-10(12)19(22)23/h5-6,11H,2-4,7H2,1H3. The van der Waals surface area contributed by atoms with E-state index in [-0.39, 0.29) is 13.1 Å². The van der Waals surface area contributed by atoms with Crippen molar-refractivity contribution < 1.29 is 32.5 Å². The van der Waals surface area contributed by atoms with Gasteiger partial charge in [-0.2, -0.15) is 13.2 Å². The van der Waals surface area contributed by atoms with E-state index >= 15 is 0 Å². The molecule has 0 radical (unpaired) electrons. The third-order valence-electron chi connectivity index (χ3n) is 3.55. The van der Waals surface area contributed by atoms with Gasteiger partial charge >= 0.3 is 6.18 Å². The summed E-state index contributed by atoms with van der Waals surface area (Å²) in [4.78, 5) is 21.6. The number of hydrogen-bond donors (Lipinski definition) is 0. The molecule has 2 rings (SSSR count). The Labute approximate surface area is 139 Å². The second-order valence-electron chi connectivity index (χ2n) is 5.08. The zero-order valence-electron chi connectivity index (χ0n) is 13.0. The van der Waals surface area contributed by atoms with Crippen molar-refractivity contribution in [1.29, 1.82) is 0 Å². The van der Waals surface area contributed by atoms with E-state index in [2.05, 4.69) is 0 Å². The molecule has 1 heterocycles. The zero-order chi connectivity index (χ0) is 18.8. The number of benzene rings is 1. The molecule has 0 aromatic heterocycles. The van der Waals surface area contributed by atoms with Crippen LogP contribution in [0.1, 0.15) is 12.5 Å². The Morgan fingerprint density at radius 2 is 1.64 bits per heavy atom. The summed E-state index contributed by atoms with van der Waals surface area (Å²) in [5, 5.41) is 22.5. The number of halogens is 3. The molecule has 1 aliphatic heterocycles. The topological polar surface area (TPSA) is 108 Å². The van der Waals surface area contributed by atoms with Gasteiger partial charge in [-0.05, 0) is 6.92 Å². The second kappa shape index (κ2) is 7.19. The van der Waals surface area contributed by atoms with Gasteiger partial charge in [-0.3, -0.25) is 20.2 Å². The van der Waals surface area contributed by atoms with Crippen molar-refractivity contribution in [1.82, 2.24) is 0 Å². The SMILES string of the molecule is CCN(CC1OCCO1)c1c([N+](=O)[O-])cc(C(F)(F)F)cc1[N+](=O)[O-]. The molecule has 0 bridgehead atoms. The fraction of sp³-hybridized carbons (Fsp3) is 0.538. The van der Waals surface area contributed by atoms with E-state index < -0.39 is 44.9 Å². The van der Waals surface area contributed by atoms with Crippen molar-refractivity contribution in [2.24, 2.45) is 0 Å². The van der Waals surface area contributed by atoms with Crippen molar-refractivity contribution >= 4 is 17.1 Å². The highest BCUT2D eigenvalue weighted by molar-refractivity contribution is 5.76. The lowest BCUT2D eigenvalue weighted by molar-refractivity contribution is -0.393. The van der Waals surface area contributed by atoms with Gasteiger partial charge in [0.2, 0.25) is 0 Å². The van der Waals surface area contributed by atoms with Crippen molar-refractivity contribution in [3.63, 3.8) is 0 Å². The first-order chi connectivity index (χ1) is 11.6. The van der Waals surface area contributed by atoms with Gasteiger partial charge in [0.25, 0.3) is 11.4 Å². The van der Waals surface area contributed by atoms with E-state index in [1.165, 1.54) is 4.90 Å². The molecule has 0 unspecified atom stereocenters. The molecule has 138 valence electrons. The first kappa shape index (κ1) is 18.9. The van der Waals surface area contributed by atoms with Gasteiger partial charge < -0.3 is 14.4 Å². The van der Waals surface area contributed by atoms with Gasteiger partial charge in [-0.15, -0.1) is 0 Å². The van der Waals surface area contributed by atoms with Crippen LogP contribution >= 0.6 is 0 Å². The molecule has 1 aromatic rings. The second-order valence-corrected chi connectivity index (χ2v) is 5.08. The number of alkyl halides is 3. The molecule has 12 heteroatoms. The van der Waals surface area contributed by atoms with Crippen molar-refractivity contribution in [3.8, 4) is 0 Å². The van der Waals surface area contributed by atoms with E-state index in [1.54, 1.807) is 6.92 Å². The molecule has 0 spiro atoms. The van der Waals surface area contributed by atoms with Gasteiger partial charge in [0, 0.05) is 18.7 Å². The minimum absolute atomic E-state index is 0.0657. The first-order valence-electron chi connectivity index (χ1n) is 7.17. The predicted octanol–water partition coefficient (Wildman–Crippen LogP) is 2.72. The molecule has 1 aromatic carbocycles. The monoisotopic (exact) mass is 365 g/mol. The smallest absolute Gasteiger partial charge is 0.356 e. The molecule has 0 atom stereocenters. The number of nitrogens with zero attached hydrogens (tertiary/aromatic N) is 3. The fourth-order valence-electron chi connectivity index (χ4n) is 2.44. The molecular weight excluding hydrogens is 351 g/mol. The number of likely N-dealkylation sites (N-methyl/N-ethyl adjacent to an activating group) is 1. The third kappa shape index (κ3) is 4.14. The maximum atomic E-state index is 12.9. The Morgan fingerprint density at radius 1 is 1.16 bits per heavy atom. The first-order valence-corrected chi connectivity index (χ1v) is 7.17. The molecule has 1 fully saturated rings. The van der Waals surface area contributed by atoms with Crippen LogP contribution in [0.5, 0.6) is 0 Å². The van der Waals surface area contributed by atoms with Gasteiger partial charge in [0.1, 0.15) is 0 Å². The lowest BCUT2D eigenvalue weighted by atomic mass is 10.1. The number of anilines is 1. The molecule has 25 heavy (non-hydrogen) atoms. The van der Waals surface area contributed by atoms with E-state index in [1.807, 2.05) is 0 Å². The quantitative estimate of drug-likeness (QED) is 0.563. The van der Waals surface area contributed by atoms with Gasteiger partial charge in [-0.1, -0.05) is 0 Å². The predicted molar refractivity (Wildman–Crippen MR) is 78.3 cm³/mol. The fourth-order valence-corrected chi connectivity index (χ4v) is 2.44. The van der Waals surface area contributed by atoms with Crippen LogP contribution in [0.15, 0.2) is 12.1 Å². The summed E-state index contributed by atoms with van der Waals surface area (Å²) in [7, 11) is 0. The van der Waals surface area contributed by atoms with Crippen molar-refractivity contribution in [2.45, 2.75) is 19.4 Å². The molecule has 0 aliphatic carbocycles. The van der Waals surface area contributed by atoms with Crippen LogP contribution in [0.2, 0.25) is 0 Å². The number of nitro groups is 2. The van der Waals surface area contributed by atoms with Crippen molar-refractivity contribution in [2.75, 3.05) is 31.2 Å². The van der Waals surface area contributed by atoms with Crippen LogP contribution in [0, 0.1) is 20.2 Å². The lowest BCUT2D eigenvalue weighted by Gasteiger charge is -2.25. The van der Waals surface area contributed by atoms with Gasteiger partial charge in [-0.25, -0.2) is 0 Å². The Balaban J connectivity index is 2.59. The van der Waals surface area contributed by atoms with Crippen LogP contribution < -0.4 is 4.90 Å². The normalized spacial score (nSPS) is 15.4. The maximum absolute atomic E-state index is 12.9. The molecular formula is C13H14F3N3O6. The summed E-state index contributed by atoms with van der Waals surface area (Å²) >= 11 is 0. The number of ether oxygens (including phenoxy) is 2. The van der Waals surface area contributed by atoms with Crippen LogP contribution in [-0.2, 0) is 15.7 Å². The summed E-state index contributed by atoms with van der Waals surface area (Å²) < 4.78 is 49.2. The van der Waals surface area contributed by atoms with Gasteiger partial charge in [0.15, 0.2) is 12.0 Å². The largest absolute Gasteiger partial charge is 0.416 e. The van der Waals surface area contributed by atoms with Crippen molar-refractivity contribution in [3.05, 3.63) is 37.9 Å². The van der Waals surface area contributed by atoms with E-state index in [4.69, 9.17) is 9.47 Å². The lowest BCUT2D eigenvalue weighted by Crippen LogP contribution is -2.34. The molecule has 9 nitrogen and oxygen atoms in total. The Hall–Kier alpha value is -2.47. The summed E-state index contributed by atoms with van der Waals surface area (Å²) in [6.45, 7) is 2.11. The van der Waals surface area contributed by atoms with Crippen LogP contribution in [-0.4, -0.2) is 42.4 Å². The van der Waals surface area contributed by atoms with E-state index in [0.717, 1.165) is 0 Å². The Bertz CT molecular complexity index is 640. The zero-order valence-corrected chi connectivity index (χ0v) is 13.0. The highest BCUT2D eigenvalue weighted by atomic mass is 19.4. The molecule has 1 aliphatic rings. The van der Waals surface area contributed by atoms with Gasteiger partial charge in [0.05, 0.1) is 35.2 Å². The average molecular weight is 365 g/mol. The average Bonchev–Trinajstić information content (AvgIpc) is 3.03. The Morgan fingerprint density at radius 3 is 2.00 bits per heavy atom. The van der Waals surface area contributed by atoms with Crippen LogP contribution in [0.25, 0.3) is 0 Å². The summed E-state index contributed by atoms with van der Waals surface area (Å²) in [6.07, 6.45) is -5.73. The highest BCUT2D eigenvalue weighted by Crippen LogP contribution is 2.43. The molecule has 0 saturated carbocycles. The maximum Gasteiger partial charge on any atom is 0.416 e. The molecule has 1 saturated heterocycles. The number of hydrogen-bond acceptors (Lipinski definition) is 7. The minimum atomic E-state index is -4.96. The minimum Gasteiger partial charge on any atom is -0.356 e.